The van der Waals surface area contributed by atoms with Crippen LogP contribution in [0.15, 0.2) is 29.1 Å². The summed E-state index contributed by atoms with van der Waals surface area (Å²) in [5.74, 6) is 0.913. The number of fused-ring (bicyclic) bond motifs is 3. The molecule has 26 heavy (non-hydrogen) atoms. The van der Waals surface area contributed by atoms with Crippen LogP contribution in [-0.2, 0) is 11.2 Å². The maximum atomic E-state index is 12.7. The van der Waals surface area contributed by atoms with Crippen molar-refractivity contribution in [3.05, 3.63) is 40.4 Å². The van der Waals surface area contributed by atoms with Gasteiger partial charge in [-0.3, -0.25) is 9.59 Å². The maximum absolute atomic E-state index is 12.7. The Morgan fingerprint density at radius 2 is 2.00 bits per heavy atom. The van der Waals surface area contributed by atoms with E-state index < -0.39 is 0 Å². The normalized spacial score (nSPS) is 22.1. The minimum atomic E-state index is -0.108. The number of halogens is 1. The van der Waals surface area contributed by atoms with E-state index in [0.29, 0.717) is 48.1 Å². The van der Waals surface area contributed by atoms with Crippen LogP contribution >= 0.6 is 12.4 Å². The van der Waals surface area contributed by atoms with Gasteiger partial charge in [-0.2, -0.15) is 0 Å². The maximum Gasteiger partial charge on any atom is 0.258 e. The minimum absolute atomic E-state index is 0. The molecule has 2 aliphatic rings. The molecule has 1 aromatic heterocycles. The lowest BCUT2D eigenvalue weighted by Gasteiger charge is -2.28. The van der Waals surface area contributed by atoms with Crippen molar-refractivity contribution in [3.63, 3.8) is 0 Å². The molecule has 1 aromatic carbocycles. The van der Waals surface area contributed by atoms with Crippen molar-refractivity contribution < 1.29 is 4.79 Å². The second-order valence-electron chi connectivity index (χ2n) is 7.06. The summed E-state index contributed by atoms with van der Waals surface area (Å²) in [6.07, 6.45) is 5.16. The van der Waals surface area contributed by atoms with E-state index in [9.17, 15) is 9.59 Å². The molecule has 7 heteroatoms. The van der Waals surface area contributed by atoms with Gasteiger partial charge in [0.05, 0.1) is 10.9 Å². The first-order valence-corrected chi connectivity index (χ1v) is 9.22. The molecule has 2 bridgehead atoms. The molecular weight excluding hydrogens is 352 g/mol. The number of carbonyl (C=O) groups excluding carboxylic acids is 1. The van der Waals surface area contributed by atoms with E-state index >= 15 is 0 Å². The number of rotatable bonds is 4. The van der Waals surface area contributed by atoms with Crippen molar-refractivity contribution in [1.29, 1.82) is 0 Å². The van der Waals surface area contributed by atoms with Crippen LogP contribution in [0.1, 0.15) is 37.9 Å². The number of nitrogens with zero attached hydrogens (tertiary/aromatic N) is 2. The van der Waals surface area contributed by atoms with Gasteiger partial charge in [-0.25, -0.2) is 4.98 Å². The Labute approximate surface area is 158 Å². The van der Waals surface area contributed by atoms with Gasteiger partial charge in [-0.15, -0.1) is 12.4 Å². The number of H-pyrrole nitrogens is 1. The van der Waals surface area contributed by atoms with Crippen molar-refractivity contribution in [2.75, 3.05) is 13.1 Å². The van der Waals surface area contributed by atoms with Crippen LogP contribution < -0.4 is 10.9 Å². The molecule has 4 rings (SSSR count). The first-order chi connectivity index (χ1) is 12.2. The summed E-state index contributed by atoms with van der Waals surface area (Å²) in [7, 11) is 0. The van der Waals surface area contributed by atoms with Gasteiger partial charge in [0.2, 0.25) is 5.91 Å². The summed E-state index contributed by atoms with van der Waals surface area (Å²) in [5, 5.41) is 4.03. The van der Waals surface area contributed by atoms with Gasteiger partial charge < -0.3 is 15.2 Å². The molecular formula is C19H25ClN4O2. The average molecular weight is 377 g/mol. The van der Waals surface area contributed by atoms with Crippen LogP contribution in [0, 0.1) is 0 Å². The molecule has 2 aliphatic heterocycles. The second-order valence-corrected chi connectivity index (χ2v) is 7.06. The van der Waals surface area contributed by atoms with Gasteiger partial charge in [0.15, 0.2) is 0 Å². The van der Waals surface area contributed by atoms with Gasteiger partial charge in [0, 0.05) is 31.5 Å². The number of aromatic amines is 1. The fourth-order valence-corrected chi connectivity index (χ4v) is 4.18. The van der Waals surface area contributed by atoms with Crippen molar-refractivity contribution >= 4 is 29.2 Å². The molecule has 0 spiro atoms. The van der Waals surface area contributed by atoms with Crippen molar-refractivity contribution in [2.45, 2.75) is 50.6 Å². The van der Waals surface area contributed by atoms with Crippen LogP contribution in [0.25, 0.3) is 10.9 Å². The average Bonchev–Trinajstić information content (AvgIpc) is 2.88. The minimum Gasteiger partial charge on any atom is -0.335 e. The molecule has 2 saturated heterocycles. The van der Waals surface area contributed by atoms with E-state index in [2.05, 4.69) is 20.2 Å². The number of nitrogens with one attached hydrogen (secondary N) is 2. The number of amides is 1. The summed E-state index contributed by atoms with van der Waals surface area (Å²) in [5.41, 5.74) is 0.604. The number of carbonyl (C=O) groups is 1. The van der Waals surface area contributed by atoms with Crippen LogP contribution in [0.4, 0.5) is 0 Å². The Bertz CT molecular complexity index is 824. The zero-order valence-electron chi connectivity index (χ0n) is 14.7. The molecule has 6 nitrogen and oxygen atoms in total. The fraction of sp³-hybridized carbons (Fsp3) is 0.526. The van der Waals surface area contributed by atoms with E-state index in [1.807, 2.05) is 18.2 Å². The van der Waals surface area contributed by atoms with E-state index in [1.54, 1.807) is 6.07 Å². The third-order valence-corrected chi connectivity index (χ3v) is 5.41. The zero-order valence-corrected chi connectivity index (χ0v) is 15.6. The lowest BCUT2D eigenvalue weighted by molar-refractivity contribution is -0.133. The number of para-hydroxylation sites is 1. The summed E-state index contributed by atoms with van der Waals surface area (Å²) >= 11 is 0. The predicted molar refractivity (Wildman–Crippen MR) is 104 cm³/mol. The van der Waals surface area contributed by atoms with E-state index in [4.69, 9.17) is 0 Å². The Balaban J connectivity index is 0.00000196. The quantitative estimate of drug-likeness (QED) is 0.855. The monoisotopic (exact) mass is 376 g/mol. The number of hydrogen-bond donors (Lipinski definition) is 2. The van der Waals surface area contributed by atoms with E-state index in [1.165, 1.54) is 0 Å². The lowest BCUT2D eigenvalue weighted by atomic mass is 10.1. The second kappa shape index (κ2) is 8.18. The molecule has 3 heterocycles. The third kappa shape index (κ3) is 3.76. The summed E-state index contributed by atoms with van der Waals surface area (Å²) < 4.78 is 0. The highest BCUT2D eigenvalue weighted by Crippen LogP contribution is 2.28. The molecule has 2 N–H and O–H groups in total. The van der Waals surface area contributed by atoms with E-state index in [-0.39, 0.29) is 23.9 Å². The lowest BCUT2D eigenvalue weighted by Crippen LogP contribution is -2.42. The number of benzene rings is 1. The molecule has 2 unspecified atom stereocenters. The van der Waals surface area contributed by atoms with Crippen molar-refractivity contribution in [3.8, 4) is 0 Å². The van der Waals surface area contributed by atoms with E-state index in [0.717, 1.165) is 32.4 Å². The van der Waals surface area contributed by atoms with Crippen LogP contribution in [0.3, 0.4) is 0 Å². The molecule has 0 radical (unpaired) electrons. The van der Waals surface area contributed by atoms with Crippen molar-refractivity contribution in [1.82, 2.24) is 20.2 Å². The molecule has 2 aromatic rings. The third-order valence-electron chi connectivity index (χ3n) is 5.41. The number of aryl methyl sites for hydroxylation is 1. The van der Waals surface area contributed by atoms with Gasteiger partial charge >= 0.3 is 0 Å². The topological polar surface area (TPSA) is 78.1 Å². The van der Waals surface area contributed by atoms with Gasteiger partial charge in [0.1, 0.15) is 5.82 Å². The Morgan fingerprint density at radius 1 is 1.19 bits per heavy atom. The van der Waals surface area contributed by atoms with Crippen molar-refractivity contribution in [2.24, 2.45) is 0 Å². The number of aromatic nitrogens is 2. The summed E-state index contributed by atoms with van der Waals surface area (Å²) in [4.78, 5) is 34.3. The van der Waals surface area contributed by atoms with Crippen LogP contribution in [0.2, 0.25) is 0 Å². The summed E-state index contributed by atoms with van der Waals surface area (Å²) in [6.45, 7) is 1.93. The Morgan fingerprint density at radius 3 is 2.88 bits per heavy atom. The van der Waals surface area contributed by atoms with Gasteiger partial charge in [-0.1, -0.05) is 12.1 Å². The van der Waals surface area contributed by atoms with Crippen LogP contribution in [-0.4, -0.2) is 45.9 Å². The standard InChI is InChI=1S/C19H24N4O2.ClH/c24-18(23-13-8-9-14(23)12-20-11-10-13)7-3-6-17-21-16-5-2-1-4-15(16)19(25)22-17;/h1-2,4-5,13-14,20H,3,6-12H2,(H,21,22,25);1H. The molecule has 1 amide bonds. The SMILES string of the molecule is Cl.O=C(CCCc1nc2ccccc2c(=O)[nH]1)N1C2CCNCC1CC2. The predicted octanol–water partition coefficient (Wildman–Crippen LogP) is 2.02. The first kappa shape index (κ1) is 18.9. The number of hydrogen-bond acceptors (Lipinski definition) is 4. The molecule has 2 atom stereocenters. The fourth-order valence-electron chi connectivity index (χ4n) is 4.18. The van der Waals surface area contributed by atoms with Crippen LogP contribution in [0.5, 0.6) is 0 Å². The molecule has 0 aliphatic carbocycles. The zero-order chi connectivity index (χ0) is 17.2. The highest BCUT2D eigenvalue weighted by molar-refractivity contribution is 5.85. The Kier molecular flexibility index (Phi) is 5.94. The molecule has 2 fully saturated rings. The molecule has 140 valence electrons. The highest BCUT2D eigenvalue weighted by Gasteiger charge is 2.37. The first-order valence-electron chi connectivity index (χ1n) is 9.22. The Hall–Kier alpha value is -1.92. The highest BCUT2D eigenvalue weighted by atomic mass is 35.5. The largest absolute Gasteiger partial charge is 0.335 e. The smallest absolute Gasteiger partial charge is 0.258 e. The van der Waals surface area contributed by atoms with Gasteiger partial charge in [0.25, 0.3) is 5.56 Å². The molecule has 0 saturated carbocycles. The summed E-state index contributed by atoms with van der Waals surface area (Å²) in [6, 6.07) is 8.11. The van der Waals surface area contributed by atoms with Gasteiger partial charge in [-0.05, 0) is 44.4 Å².